The van der Waals surface area contributed by atoms with Gasteiger partial charge in [-0.05, 0) is 37.0 Å². The van der Waals surface area contributed by atoms with Crippen LogP contribution >= 0.6 is 11.6 Å². The summed E-state index contributed by atoms with van der Waals surface area (Å²) >= 11 is 6.19. The second kappa shape index (κ2) is 7.77. The Morgan fingerprint density at radius 3 is 2.87 bits per heavy atom. The van der Waals surface area contributed by atoms with Gasteiger partial charge in [-0.2, -0.15) is 0 Å². The predicted octanol–water partition coefficient (Wildman–Crippen LogP) is 3.62. The first-order valence-electron chi connectivity index (χ1n) is 8.07. The number of ether oxygens (including phenoxy) is 1. The number of nitrogens with zero attached hydrogens (tertiary/aromatic N) is 2. The fraction of sp³-hybridized carbons (Fsp3) is 0.588. The van der Waals surface area contributed by atoms with Crippen molar-refractivity contribution in [1.29, 1.82) is 0 Å². The van der Waals surface area contributed by atoms with Crippen LogP contribution in [0.25, 0.3) is 0 Å². The molecule has 1 aromatic carbocycles. The molecule has 1 unspecified atom stereocenters. The number of rotatable bonds is 5. The first-order valence-corrected chi connectivity index (χ1v) is 8.44. The minimum atomic E-state index is -0.258. The zero-order chi connectivity index (χ0) is 17.0. The van der Waals surface area contributed by atoms with E-state index in [-0.39, 0.29) is 12.1 Å². The molecule has 2 N–H and O–H groups in total. The highest BCUT2D eigenvalue weighted by molar-refractivity contribution is 6.33. The molecule has 1 fully saturated rings. The molecular formula is C17H26ClN3O2. The highest BCUT2D eigenvalue weighted by Crippen LogP contribution is 2.29. The Kier molecular flexibility index (Phi) is 5.99. The number of benzene rings is 1. The summed E-state index contributed by atoms with van der Waals surface area (Å²) in [5, 5.41) is 0.569. The molecule has 0 bridgehead atoms. The highest BCUT2D eigenvalue weighted by Gasteiger charge is 2.31. The Labute approximate surface area is 143 Å². The number of likely N-dealkylation sites (tertiary alicyclic amines) is 1. The van der Waals surface area contributed by atoms with Gasteiger partial charge in [-0.15, -0.1) is 0 Å². The maximum atomic E-state index is 11.7. The van der Waals surface area contributed by atoms with E-state index in [2.05, 4.69) is 18.7 Å². The number of nitrogens with two attached hydrogens (primary N) is 1. The second-order valence-corrected chi connectivity index (χ2v) is 6.85. The topological polar surface area (TPSA) is 58.8 Å². The fourth-order valence-electron chi connectivity index (χ4n) is 2.91. The zero-order valence-corrected chi connectivity index (χ0v) is 14.8. The lowest BCUT2D eigenvalue weighted by atomic mass is 10.1. The first-order chi connectivity index (χ1) is 10.9. The number of amides is 1. The third-order valence-electron chi connectivity index (χ3n) is 4.30. The number of hydrogen-bond acceptors (Lipinski definition) is 4. The Morgan fingerprint density at radius 2 is 2.26 bits per heavy atom. The van der Waals surface area contributed by atoms with Gasteiger partial charge >= 0.3 is 6.09 Å². The summed E-state index contributed by atoms with van der Waals surface area (Å²) in [6, 6.07) is 6.03. The summed E-state index contributed by atoms with van der Waals surface area (Å²) in [5.74, 6) is 0.611. The van der Waals surface area contributed by atoms with Crippen LogP contribution in [0.1, 0.15) is 26.7 Å². The van der Waals surface area contributed by atoms with Gasteiger partial charge in [0.05, 0.1) is 17.8 Å². The van der Waals surface area contributed by atoms with Gasteiger partial charge in [-0.3, -0.25) is 0 Å². The molecule has 23 heavy (non-hydrogen) atoms. The van der Waals surface area contributed by atoms with Gasteiger partial charge in [-0.1, -0.05) is 25.4 Å². The lowest BCUT2D eigenvalue weighted by molar-refractivity contribution is 0.132. The van der Waals surface area contributed by atoms with Gasteiger partial charge in [-0.25, -0.2) is 4.79 Å². The number of methoxy groups -OCH3 is 1. The molecule has 0 radical (unpaired) electrons. The molecule has 128 valence electrons. The van der Waals surface area contributed by atoms with Crippen LogP contribution in [0.5, 0.6) is 0 Å². The lowest BCUT2D eigenvalue weighted by Crippen LogP contribution is -2.40. The Bertz CT molecular complexity index is 551. The van der Waals surface area contributed by atoms with Crippen LogP contribution in [0.2, 0.25) is 5.02 Å². The van der Waals surface area contributed by atoms with Gasteiger partial charge in [0.25, 0.3) is 0 Å². The molecule has 1 aliphatic heterocycles. The molecule has 1 saturated heterocycles. The van der Waals surface area contributed by atoms with Crippen molar-refractivity contribution in [2.45, 2.75) is 32.7 Å². The molecule has 2 rings (SSSR count). The van der Waals surface area contributed by atoms with Crippen molar-refractivity contribution < 1.29 is 9.53 Å². The molecule has 6 heteroatoms. The van der Waals surface area contributed by atoms with Gasteiger partial charge in [0.1, 0.15) is 0 Å². The molecule has 1 aliphatic rings. The van der Waals surface area contributed by atoms with E-state index in [0.717, 1.165) is 31.6 Å². The second-order valence-electron chi connectivity index (χ2n) is 6.44. The van der Waals surface area contributed by atoms with E-state index in [0.29, 0.717) is 23.2 Å². The van der Waals surface area contributed by atoms with Crippen LogP contribution in [-0.4, -0.2) is 43.8 Å². The fourth-order valence-corrected chi connectivity index (χ4v) is 3.08. The van der Waals surface area contributed by atoms with E-state index in [1.165, 1.54) is 7.11 Å². The molecule has 1 heterocycles. The van der Waals surface area contributed by atoms with Crippen molar-refractivity contribution in [1.82, 2.24) is 4.90 Å². The number of nitrogen functional groups attached to an aromatic ring is 1. The van der Waals surface area contributed by atoms with Crippen LogP contribution < -0.4 is 10.6 Å². The third-order valence-corrected chi connectivity index (χ3v) is 4.63. The zero-order valence-electron chi connectivity index (χ0n) is 14.1. The highest BCUT2D eigenvalue weighted by atomic mass is 35.5. The smallest absolute Gasteiger partial charge is 0.409 e. The van der Waals surface area contributed by atoms with Gasteiger partial charge < -0.3 is 20.3 Å². The van der Waals surface area contributed by atoms with E-state index in [1.807, 2.05) is 18.2 Å². The summed E-state index contributed by atoms with van der Waals surface area (Å²) in [6.07, 6.45) is 1.75. The largest absolute Gasteiger partial charge is 0.453 e. The van der Waals surface area contributed by atoms with Crippen molar-refractivity contribution >= 4 is 29.1 Å². The van der Waals surface area contributed by atoms with Crippen molar-refractivity contribution in [3.05, 3.63) is 23.2 Å². The summed E-state index contributed by atoms with van der Waals surface area (Å²) in [4.78, 5) is 15.8. The molecule has 0 saturated carbocycles. The van der Waals surface area contributed by atoms with E-state index in [9.17, 15) is 4.79 Å². The number of halogens is 1. The summed E-state index contributed by atoms with van der Waals surface area (Å²) < 4.78 is 4.83. The minimum Gasteiger partial charge on any atom is -0.453 e. The maximum Gasteiger partial charge on any atom is 0.409 e. The SMILES string of the molecule is COC(=O)N1CCC(N(CCC(C)C)c2ccc(N)c(Cl)c2)C1. The number of carbonyl (C=O) groups excluding carboxylic acids is 1. The molecule has 1 amide bonds. The summed E-state index contributed by atoms with van der Waals surface area (Å²) in [6.45, 7) is 6.75. The standard InChI is InChI=1S/C17H26ClN3O2/c1-12(2)6-9-21(13-4-5-16(19)15(18)10-13)14-7-8-20(11-14)17(22)23-3/h4-5,10,12,14H,6-9,11,19H2,1-3H3. The van der Waals surface area contributed by atoms with Crippen LogP contribution in [-0.2, 0) is 4.74 Å². The van der Waals surface area contributed by atoms with Crippen LogP contribution in [0.3, 0.4) is 0 Å². The molecule has 0 aliphatic carbocycles. The third kappa shape index (κ3) is 4.44. The molecular weight excluding hydrogens is 314 g/mol. The number of anilines is 2. The van der Waals surface area contributed by atoms with E-state index in [1.54, 1.807) is 4.90 Å². The van der Waals surface area contributed by atoms with Crippen molar-refractivity contribution in [3.8, 4) is 0 Å². The average molecular weight is 340 g/mol. The van der Waals surface area contributed by atoms with E-state index in [4.69, 9.17) is 22.1 Å². The van der Waals surface area contributed by atoms with Gasteiger partial charge in [0.15, 0.2) is 0 Å². The quantitative estimate of drug-likeness (QED) is 0.832. The normalized spacial score (nSPS) is 17.6. The Morgan fingerprint density at radius 1 is 1.52 bits per heavy atom. The summed E-state index contributed by atoms with van der Waals surface area (Å²) in [5.41, 5.74) is 7.47. The van der Waals surface area contributed by atoms with Gasteiger partial charge in [0, 0.05) is 31.4 Å². The molecule has 0 spiro atoms. The van der Waals surface area contributed by atoms with Crippen LogP contribution in [0, 0.1) is 5.92 Å². The van der Waals surface area contributed by atoms with Crippen molar-refractivity contribution in [2.75, 3.05) is 37.4 Å². The lowest BCUT2D eigenvalue weighted by Gasteiger charge is -2.32. The molecule has 5 nitrogen and oxygen atoms in total. The minimum absolute atomic E-state index is 0.258. The molecule has 1 aromatic rings. The Hall–Kier alpha value is -1.62. The Balaban J connectivity index is 2.17. The van der Waals surface area contributed by atoms with Crippen LogP contribution in [0.4, 0.5) is 16.2 Å². The monoisotopic (exact) mass is 339 g/mol. The van der Waals surface area contributed by atoms with Gasteiger partial charge in [0.2, 0.25) is 0 Å². The number of carbonyl (C=O) groups is 1. The summed E-state index contributed by atoms with van der Waals surface area (Å²) in [7, 11) is 1.42. The molecule has 1 atom stereocenters. The first kappa shape index (κ1) is 17.7. The number of hydrogen-bond donors (Lipinski definition) is 1. The predicted molar refractivity (Wildman–Crippen MR) is 95.0 cm³/mol. The molecule has 0 aromatic heterocycles. The van der Waals surface area contributed by atoms with E-state index >= 15 is 0 Å². The van der Waals surface area contributed by atoms with Crippen LogP contribution in [0.15, 0.2) is 18.2 Å². The maximum absolute atomic E-state index is 11.7. The van der Waals surface area contributed by atoms with Crippen molar-refractivity contribution in [2.24, 2.45) is 5.92 Å². The van der Waals surface area contributed by atoms with Crippen molar-refractivity contribution in [3.63, 3.8) is 0 Å². The van der Waals surface area contributed by atoms with E-state index < -0.39 is 0 Å². The average Bonchev–Trinajstić information content (AvgIpc) is 2.99.